The largest absolute Gasteiger partial charge is 0.355 e. The fourth-order valence-electron chi connectivity index (χ4n) is 3.10. The number of hydrogen-bond acceptors (Lipinski definition) is 2. The minimum Gasteiger partial charge on any atom is -0.355 e. The van der Waals surface area contributed by atoms with Gasteiger partial charge in [-0.1, -0.05) is 25.5 Å². The van der Waals surface area contributed by atoms with Gasteiger partial charge in [-0.05, 0) is 50.4 Å². The van der Waals surface area contributed by atoms with Crippen LogP contribution in [0.25, 0.3) is 0 Å². The fraction of sp³-hybridized carbons (Fsp3) is 0.611. The van der Waals surface area contributed by atoms with E-state index in [4.69, 9.17) is 0 Å². The number of rotatable bonds is 6. The van der Waals surface area contributed by atoms with Gasteiger partial charge in [-0.2, -0.15) is 0 Å². The molecule has 4 heteroatoms. The maximum Gasteiger partial charge on any atom is 0.223 e. The van der Waals surface area contributed by atoms with Crippen LogP contribution in [-0.2, 0) is 11.2 Å². The van der Waals surface area contributed by atoms with Crippen molar-refractivity contribution in [3.63, 3.8) is 0 Å². The van der Waals surface area contributed by atoms with Gasteiger partial charge in [-0.3, -0.25) is 9.69 Å². The van der Waals surface area contributed by atoms with Gasteiger partial charge in [-0.25, -0.2) is 4.39 Å². The Bertz CT molecular complexity index is 492. The lowest BCUT2D eigenvalue weighted by atomic mass is 10.0. The molecule has 1 aromatic carbocycles. The molecule has 1 heterocycles. The van der Waals surface area contributed by atoms with E-state index in [1.54, 1.807) is 6.07 Å². The second-order valence-corrected chi connectivity index (χ2v) is 6.41. The van der Waals surface area contributed by atoms with E-state index in [1.165, 1.54) is 31.4 Å². The third-order valence-corrected chi connectivity index (χ3v) is 4.52. The molecule has 1 aromatic rings. The summed E-state index contributed by atoms with van der Waals surface area (Å²) in [5.74, 6) is -0.335. The summed E-state index contributed by atoms with van der Waals surface area (Å²) in [7, 11) is 0. The molecule has 1 aliphatic rings. The van der Waals surface area contributed by atoms with Crippen molar-refractivity contribution in [1.82, 2.24) is 10.2 Å². The van der Waals surface area contributed by atoms with E-state index in [0.29, 0.717) is 19.0 Å². The van der Waals surface area contributed by atoms with E-state index in [0.717, 1.165) is 18.7 Å². The number of likely N-dealkylation sites (tertiary alicyclic amines) is 1. The normalized spacial score (nSPS) is 20.6. The maximum atomic E-state index is 13.2. The molecule has 0 bridgehead atoms. The van der Waals surface area contributed by atoms with Crippen LogP contribution in [0.2, 0.25) is 0 Å². The molecule has 1 fully saturated rings. The topological polar surface area (TPSA) is 32.3 Å². The molecule has 122 valence electrons. The molecule has 2 atom stereocenters. The van der Waals surface area contributed by atoms with Gasteiger partial charge in [0.2, 0.25) is 5.91 Å². The first-order chi connectivity index (χ1) is 10.6. The summed E-state index contributed by atoms with van der Waals surface area (Å²) in [5.41, 5.74) is 0.868. The standard InChI is InChI=1S/C18H27FN2O/c1-14(12-16-7-5-8-17(19)13-16)18(22)20-9-11-21-10-4-3-6-15(21)2/h5,7-8,13-15H,3-4,6,9-12H2,1-2H3,(H,20,22). The summed E-state index contributed by atoms with van der Waals surface area (Å²) in [6.45, 7) is 6.89. The van der Waals surface area contributed by atoms with Crippen molar-refractivity contribution < 1.29 is 9.18 Å². The number of halogens is 1. The Hall–Kier alpha value is -1.42. The average molecular weight is 306 g/mol. The predicted octanol–water partition coefficient (Wildman–Crippen LogP) is 2.99. The van der Waals surface area contributed by atoms with Gasteiger partial charge < -0.3 is 5.32 Å². The Kier molecular flexibility index (Phi) is 6.37. The zero-order chi connectivity index (χ0) is 15.9. The first-order valence-corrected chi connectivity index (χ1v) is 8.32. The van der Waals surface area contributed by atoms with Gasteiger partial charge >= 0.3 is 0 Å². The second kappa shape index (κ2) is 8.28. The number of amides is 1. The first kappa shape index (κ1) is 16.9. The van der Waals surface area contributed by atoms with Crippen LogP contribution >= 0.6 is 0 Å². The summed E-state index contributed by atoms with van der Waals surface area (Å²) in [6, 6.07) is 7.10. The van der Waals surface area contributed by atoms with Crippen molar-refractivity contribution in [2.45, 2.75) is 45.6 Å². The molecule has 0 spiro atoms. The molecule has 0 radical (unpaired) electrons. The average Bonchev–Trinajstić information content (AvgIpc) is 2.49. The molecular weight excluding hydrogens is 279 g/mol. The maximum absolute atomic E-state index is 13.2. The van der Waals surface area contributed by atoms with E-state index in [2.05, 4.69) is 17.1 Å². The molecule has 0 saturated carbocycles. The van der Waals surface area contributed by atoms with Crippen molar-refractivity contribution in [1.29, 1.82) is 0 Å². The Morgan fingerprint density at radius 1 is 1.45 bits per heavy atom. The highest BCUT2D eigenvalue weighted by Crippen LogP contribution is 2.15. The summed E-state index contributed by atoms with van der Waals surface area (Å²) in [5, 5.41) is 3.01. The number of nitrogens with one attached hydrogen (secondary N) is 1. The Balaban J connectivity index is 1.72. The van der Waals surface area contributed by atoms with E-state index in [-0.39, 0.29) is 17.6 Å². The van der Waals surface area contributed by atoms with Crippen molar-refractivity contribution >= 4 is 5.91 Å². The number of nitrogens with zero attached hydrogens (tertiary/aromatic N) is 1. The number of carbonyl (C=O) groups excluding carboxylic acids is 1. The second-order valence-electron chi connectivity index (χ2n) is 6.41. The fourth-order valence-corrected chi connectivity index (χ4v) is 3.10. The molecule has 0 aliphatic carbocycles. The van der Waals surface area contributed by atoms with Gasteiger partial charge in [-0.15, -0.1) is 0 Å². The van der Waals surface area contributed by atoms with Crippen LogP contribution in [-0.4, -0.2) is 36.5 Å². The van der Waals surface area contributed by atoms with E-state index >= 15 is 0 Å². The van der Waals surface area contributed by atoms with Crippen molar-refractivity contribution in [2.24, 2.45) is 5.92 Å². The lowest BCUT2D eigenvalue weighted by molar-refractivity contribution is -0.124. The van der Waals surface area contributed by atoms with Gasteiger partial charge in [0.1, 0.15) is 5.82 Å². The molecule has 3 nitrogen and oxygen atoms in total. The molecule has 1 amide bonds. The van der Waals surface area contributed by atoms with E-state index in [1.807, 2.05) is 13.0 Å². The molecule has 1 saturated heterocycles. The highest BCUT2D eigenvalue weighted by molar-refractivity contribution is 5.78. The summed E-state index contributed by atoms with van der Waals surface area (Å²) < 4.78 is 13.2. The van der Waals surface area contributed by atoms with Crippen LogP contribution in [0, 0.1) is 11.7 Å². The lowest BCUT2D eigenvalue weighted by Gasteiger charge is -2.33. The summed E-state index contributed by atoms with van der Waals surface area (Å²) in [6.07, 6.45) is 4.40. The van der Waals surface area contributed by atoms with E-state index in [9.17, 15) is 9.18 Å². The van der Waals surface area contributed by atoms with Crippen molar-refractivity contribution in [3.8, 4) is 0 Å². The molecule has 2 rings (SSSR count). The Morgan fingerprint density at radius 3 is 3.00 bits per heavy atom. The third kappa shape index (κ3) is 5.09. The van der Waals surface area contributed by atoms with Crippen LogP contribution in [0.3, 0.4) is 0 Å². The molecule has 0 aromatic heterocycles. The van der Waals surface area contributed by atoms with Crippen LogP contribution in [0.5, 0.6) is 0 Å². The number of carbonyl (C=O) groups is 1. The quantitative estimate of drug-likeness (QED) is 0.876. The predicted molar refractivity (Wildman–Crippen MR) is 87.2 cm³/mol. The summed E-state index contributed by atoms with van der Waals surface area (Å²) in [4.78, 5) is 14.6. The third-order valence-electron chi connectivity index (χ3n) is 4.52. The van der Waals surface area contributed by atoms with Crippen molar-refractivity contribution in [3.05, 3.63) is 35.6 Å². The van der Waals surface area contributed by atoms with Crippen LogP contribution < -0.4 is 5.32 Å². The minimum absolute atomic E-state index is 0.0499. The number of benzene rings is 1. The Morgan fingerprint density at radius 2 is 2.27 bits per heavy atom. The molecule has 2 unspecified atom stereocenters. The monoisotopic (exact) mass is 306 g/mol. The van der Waals surface area contributed by atoms with Crippen LogP contribution in [0.4, 0.5) is 4.39 Å². The smallest absolute Gasteiger partial charge is 0.223 e. The van der Waals surface area contributed by atoms with Gasteiger partial charge in [0.25, 0.3) is 0 Å². The van der Waals surface area contributed by atoms with Crippen LogP contribution in [0.1, 0.15) is 38.7 Å². The number of hydrogen-bond donors (Lipinski definition) is 1. The molecular formula is C18H27FN2O. The van der Waals surface area contributed by atoms with Gasteiger partial charge in [0.05, 0.1) is 0 Å². The van der Waals surface area contributed by atoms with Crippen molar-refractivity contribution in [2.75, 3.05) is 19.6 Å². The zero-order valence-corrected chi connectivity index (χ0v) is 13.6. The summed E-state index contributed by atoms with van der Waals surface area (Å²) >= 11 is 0. The van der Waals surface area contributed by atoms with E-state index < -0.39 is 0 Å². The molecule has 1 N–H and O–H groups in total. The zero-order valence-electron chi connectivity index (χ0n) is 13.6. The SMILES string of the molecule is CC(Cc1cccc(F)c1)C(=O)NCCN1CCCCC1C. The molecule has 22 heavy (non-hydrogen) atoms. The van der Waals surface area contributed by atoms with Gasteiger partial charge in [0, 0.05) is 25.0 Å². The Labute approximate surface area is 132 Å². The number of piperidine rings is 1. The minimum atomic E-state index is -0.246. The first-order valence-electron chi connectivity index (χ1n) is 8.32. The van der Waals surface area contributed by atoms with Crippen LogP contribution in [0.15, 0.2) is 24.3 Å². The molecule has 1 aliphatic heterocycles. The van der Waals surface area contributed by atoms with Gasteiger partial charge in [0.15, 0.2) is 0 Å². The lowest BCUT2D eigenvalue weighted by Crippen LogP contribution is -2.43. The highest BCUT2D eigenvalue weighted by Gasteiger charge is 2.18. The highest BCUT2D eigenvalue weighted by atomic mass is 19.1.